The Morgan fingerprint density at radius 3 is 2.76 bits per heavy atom. The Labute approximate surface area is 101 Å². The lowest BCUT2D eigenvalue weighted by molar-refractivity contribution is 0.250. The molecular formula is C13H18N4. The highest BCUT2D eigenvalue weighted by atomic mass is 15.2. The van der Waals surface area contributed by atoms with Gasteiger partial charge in [-0.1, -0.05) is 0 Å². The van der Waals surface area contributed by atoms with E-state index in [0.717, 1.165) is 24.6 Å². The molecule has 0 amide bonds. The minimum absolute atomic E-state index is 0.559. The van der Waals surface area contributed by atoms with Crippen LogP contribution in [-0.2, 0) is 0 Å². The zero-order valence-corrected chi connectivity index (χ0v) is 10.4. The molecule has 4 heteroatoms. The Morgan fingerprint density at radius 2 is 2.00 bits per heavy atom. The van der Waals surface area contributed by atoms with Gasteiger partial charge in [0.05, 0.1) is 0 Å². The Bertz CT molecular complexity index is 523. The summed E-state index contributed by atoms with van der Waals surface area (Å²) in [4.78, 5) is 2.38. The minimum Gasteiger partial charge on any atom is -0.306 e. The quantitative estimate of drug-likeness (QED) is 0.749. The molecule has 0 N–H and O–H groups in total. The van der Waals surface area contributed by atoms with Crippen molar-refractivity contribution in [2.45, 2.75) is 25.7 Å². The molecule has 4 nitrogen and oxygen atoms in total. The van der Waals surface area contributed by atoms with Gasteiger partial charge in [-0.15, -0.1) is 10.2 Å². The number of likely N-dealkylation sites (tertiary alicyclic amines) is 1. The van der Waals surface area contributed by atoms with Crippen LogP contribution in [0.5, 0.6) is 0 Å². The van der Waals surface area contributed by atoms with E-state index in [2.05, 4.69) is 51.8 Å². The molecule has 1 aliphatic heterocycles. The van der Waals surface area contributed by atoms with Gasteiger partial charge in [-0.25, -0.2) is 0 Å². The summed E-state index contributed by atoms with van der Waals surface area (Å²) in [7, 11) is 2.18. The Hall–Kier alpha value is -1.42. The number of hydrogen-bond acceptors (Lipinski definition) is 3. The highest BCUT2D eigenvalue weighted by Gasteiger charge is 2.22. The normalized spacial score (nSPS) is 18.9. The maximum Gasteiger partial charge on any atom is 0.161 e. The largest absolute Gasteiger partial charge is 0.306 e. The summed E-state index contributed by atoms with van der Waals surface area (Å²) in [5.41, 5.74) is 2.21. The molecule has 2 aromatic rings. The summed E-state index contributed by atoms with van der Waals surface area (Å²) < 4.78 is 2.14. The molecule has 17 heavy (non-hydrogen) atoms. The van der Waals surface area contributed by atoms with Crippen LogP contribution < -0.4 is 0 Å². The number of nitrogens with zero attached hydrogens (tertiary/aromatic N) is 4. The van der Waals surface area contributed by atoms with Crippen molar-refractivity contribution in [2.24, 2.45) is 0 Å². The highest BCUT2D eigenvalue weighted by Crippen LogP contribution is 2.26. The van der Waals surface area contributed by atoms with Crippen molar-refractivity contribution in [3.05, 3.63) is 29.7 Å². The molecule has 3 rings (SSSR count). The fraction of sp³-hybridized carbons (Fsp3) is 0.538. The van der Waals surface area contributed by atoms with Crippen LogP contribution in [0.1, 0.15) is 30.1 Å². The van der Waals surface area contributed by atoms with Gasteiger partial charge in [-0.2, -0.15) is 0 Å². The lowest BCUT2D eigenvalue weighted by atomic mass is 9.96. The molecule has 0 aliphatic carbocycles. The third-order valence-electron chi connectivity index (χ3n) is 3.68. The van der Waals surface area contributed by atoms with Gasteiger partial charge < -0.3 is 4.90 Å². The lowest BCUT2D eigenvalue weighted by Crippen LogP contribution is -2.29. The SMILES string of the molecule is Cc1ccn2c(C3CCN(C)CC3)nnc2c1. The third-order valence-corrected chi connectivity index (χ3v) is 3.68. The van der Waals surface area contributed by atoms with E-state index in [4.69, 9.17) is 0 Å². The van der Waals surface area contributed by atoms with Crippen LogP contribution in [-0.4, -0.2) is 39.6 Å². The average molecular weight is 230 g/mol. The van der Waals surface area contributed by atoms with Crippen molar-refractivity contribution in [2.75, 3.05) is 20.1 Å². The topological polar surface area (TPSA) is 33.4 Å². The van der Waals surface area contributed by atoms with E-state index in [1.807, 2.05) is 0 Å². The molecule has 1 aliphatic rings. The second-order valence-corrected chi connectivity index (χ2v) is 5.07. The van der Waals surface area contributed by atoms with Crippen molar-refractivity contribution < 1.29 is 0 Å². The number of aryl methyl sites for hydroxylation is 1. The first-order valence-electron chi connectivity index (χ1n) is 6.24. The maximum atomic E-state index is 4.38. The summed E-state index contributed by atoms with van der Waals surface area (Å²) in [5, 5.41) is 8.65. The number of rotatable bonds is 1. The van der Waals surface area contributed by atoms with Crippen LogP contribution in [0.3, 0.4) is 0 Å². The van der Waals surface area contributed by atoms with E-state index in [1.54, 1.807) is 0 Å². The second-order valence-electron chi connectivity index (χ2n) is 5.07. The predicted octanol–water partition coefficient (Wildman–Crippen LogP) is 1.85. The molecule has 1 fully saturated rings. The molecule has 0 spiro atoms. The summed E-state index contributed by atoms with van der Waals surface area (Å²) in [6.45, 7) is 4.40. The number of fused-ring (bicyclic) bond motifs is 1. The summed E-state index contributed by atoms with van der Waals surface area (Å²) >= 11 is 0. The molecule has 0 radical (unpaired) electrons. The number of hydrogen-bond donors (Lipinski definition) is 0. The molecular weight excluding hydrogens is 212 g/mol. The first-order valence-corrected chi connectivity index (χ1v) is 6.24. The monoisotopic (exact) mass is 230 g/mol. The average Bonchev–Trinajstić information content (AvgIpc) is 2.73. The number of aromatic nitrogens is 3. The van der Waals surface area contributed by atoms with Gasteiger partial charge in [0.15, 0.2) is 5.65 Å². The lowest BCUT2D eigenvalue weighted by Gasteiger charge is -2.27. The van der Waals surface area contributed by atoms with Gasteiger partial charge in [-0.05, 0) is 57.6 Å². The zero-order valence-electron chi connectivity index (χ0n) is 10.4. The Kier molecular flexibility index (Phi) is 2.59. The van der Waals surface area contributed by atoms with Gasteiger partial charge in [-0.3, -0.25) is 4.40 Å². The fourth-order valence-electron chi connectivity index (χ4n) is 2.56. The summed E-state index contributed by atoms with van der Waals surface area (Å²) in [6, 6.07) is 4.21. The minimum atomic E-state index is 0.559. The van der Waals surface area contributed by atoms with Crippen LogP contribution in [0.4, 0.5) is 0 Å². The van der Waals surface area contributed by atoms with E-state index < -0.39 is 0 Å². The van der Waals surface area contributed by atoms with Crippen LogP contribution >= 0.6 is 0 Å². The summed E-state index contributed by atoms with van der Waals surface area (Å²) in [5.74, 6) is 1.69. The van der Waals surface area contributed by atoms with Crippen molar-refractivity contribution in [1.82, 2.24) is 19.5 Å². The molecule has 1 saturated heterocycles. The second kappa shape index (κ2) is 4.11. The smallest absolute Gasteiger partial charge is 0.161 e. The Balaban J connectivity index is 1.95. The van der Waals surface area contributed by atoms with Crippen molar-refractivity contribution in [3.8, 4) is 0 Å². The van der Waals surface area contributed by atoms with Crippen LogP contribution in [0.15, 0.2) is 18.3 Å². The summed E-state index contributed by atoms with van der Waals surface area (Å²) in [6.07, 6.45) is 4.47. The van der Waals surface area contributed by atoms with Crippen molar-refractivity contribution in [3.63, 3.8) is 0 Å². The first kappa shape index (κ1) is 10.7. The molecule has 0 aromatic carbocycles. The van der Waals surface area contributed by atoms with E-state index in [0.29, 0.717) is 5.92 Å². The van der Waals surface area contributed by atoms with Crippen LogP contribution in [0, 0.1) is 6.92 Å². The van der Waals surface area contributed by atoms with E-state index in [9.17, 15) is 0 Å². The van der Waals surface area contributed by atoms with E-state index in [-0.39, 0.29) is 0 Å². The van der Waals surface area contributed by atoms with E-state index >= 15 is 0 Å². The van der Waals surface area contributed by atoms with Crippen LogP contribution in [0.25, 0.3) is 5.65 Å². The molecule has 0 atom stereocenters. The van der Waals surface area contributed by atoms with Crippen molar-refractivity contribution >= 4 is 5.65 Å². The molecule has 3 heterocycles. The number of piperidine rings is 1. The van der Waals surface area contributed by atoms with Gasteiger partial charge in [0.25, 0.3) is 0 Å². The third kappa shape index (κ3) is 1.93. The number of pyridine rings is 1. The molecule has 2 aromatic heterocycles. The maximum absolute atomic E-state index is 4.38. The van der Waals surface area contributed by atoms with E-state index in [1.165, 1.54) is 18.4 Å². The molecule has 0 bridgehead atoms. The standard InChI is InChI=1S/C13H18N4/c1-10-3-8-17-12(9-10)14-15-13(17)11-4-6-16(2)7-5-11/h3,8-9,11H,4-7H2,1-2H3. The van der Waals surface area contributed by atoms with Gasteiger partial charge in [0, 0.05) is 12.1 Å². The highest BCUT2D eigenvalue weighted by molar-refractivity contribution is 5.41. The fourth-order valence-corrected chi connectivity index (χ4v) is 2.56. The predicted molar refractivity (Wildman–Crippen MR) is 67.2 cm³/mol. The first-order chi connectivity index (χ1) is 8.24. The Morgan fingerprint density at radius 1 is 1.24 bits per heavy atom. The van der Waals surface area contributed by atoms with Gasteiger partial charge >= 0.3 is 0 Å². The van der Waals surface area contributed by atoms with Crippen LogP contribution in [0.2, 0.25) is 0 Å². The molecule has 90 valence electrons. The molecule has 0 saturated carbocycles. The molecule has 0 unspecified atom stereocenters. The zero-order chi connectivity index (χ0) is 11.8. The van der Waals surface area contributed by atoms with Crippen molar-refractivity contribution in [1.29, 1.82) is 0 Å². The van der Waals surface area contributed by atoms with Gasteiger partial charge in [0.1, 0.15) is 5.82 Å². The van der Waals surface area contributed by atoms with Gasteiger partial charge in [0.2, 0.25) is 0 Å².